The second-order valence-electron chi connectivity index (χ2n) is 3.04. The van der Waals surface area contributed by atoms with E-state index in [0.29, 0.717) is 10.6 Å². The van der Waals surface area contributed by atoms with Crippen molar-refractivity contribution in [3.63, 3.8) is 0 Å². The molecule has 15 heavy (non-hydrogen) atoms. The third kappa shape index (κ3) is 1.98. The van der Waals surface area contributed by atoms with Gasteiger partial charge in [-0.1, -0.05) is 17.7 Å². The summed E-state index contributed by atoms with van der Waals surface area (Å²) in [5, 5.41) is 9.21. The smallest absolute Gasteiger partial charge is 0.101 e. The number of pyridine rings is 1. The Labute approximate surface area is 92.8 Å². The van der Waals surface area contributed by atoms with Gasteiger partial charge in [-0.2, -0.15) is 5.26 Å². The van der Waals surface area contributed by atoms with E-state index in [1.165, 1.54) is 0 Å². The third-order valence-corrected chi connectivity index (χ3v) is 2.42. The van der Waals surface area contributed by atoms with E-state index in [4.69, 9.17) is 16.9 Å². The van der Waals surface area contributed by atoms with Gasteiger partial charge in [-0.05, 0) is 35.4 Å². The Bertz CT molecular complexity index is 515. The molecule has 0 aliphatic rings. The molecule has 0 aliphatic heterocycles. The first-order chi connectivity index (χ1) is 7.31. The second kappa shape index (κ2) is 4.12. The minimum absolute atomic E-state index is 0.479. The van der Waals surface area contributed by atoms with E-state index in [1.807, 2.05) is 24.3 Å². The fourth-order valence-corrected chi connectivity index (χ4v) is 1.55. The number of halogens is 1. The van der Waals surface area contributed by atoms with E-state index in [9.17, 15) is 0 Å². The highest BCUT2D eigenvalue weighted by Gasteiger charge is 2.02. The summed E-state index contributed by atoms with van der Waals surface area (Å²) in [5.41, 5.74) is 2.52. The van der Waals surface area contributed by atoms with E-state index in [-0.39, 0.29) is 0 Å². The van der Waals surface area contributed by atoms with Gasteiger partial charge < -0.3 is 0 Å². The zero-order valence-corrected chi connectivity index (χ0v) is 8.57. The van der Waals surface area contributed by atoms with Crippen LogP contribution < -0.4 is 0 Å². The van der Waals surface area contributed by atoms with Gasteiger partial charge in [0.2, 0.25) is 0 Å². The van der Waals surface area contributed by atoms with Gasteiger partial charge >= 0.3 is 0 Å². The normalized spacial score (nSPS) is 9.60. The Morgan fingerprint density at radius 2 is 1.80 bits per heavy atom. The van der Waals surface area contributed by atoms with Gasteiger partial charge in [0.25, 0.3) is 0 Å². The van der Waals surface area contributed by atoms with Crippen molar-refractivity contribution in [1.29, 1.82) is 5.26 Å². The Hall–Kier alpha value is -1.85. The van der Waals surface area contributed by atoms with Crippen molar-refractivity contribution in [2.24, 2.45) is 0 Å². The minimum atomic E-state index is 0.479. The first kappa shape index (κ1) is 9.70. The summed E-state index contributed by atoms with van der Waals surface area (Å²) in [5.74, 6) is 0. The van der Waals surface area contributed by atoms with Crippen molar-refractivity contribution in [3.8, 4) is 17.2 Å². The molecule has 72 valence electrons. The fraction of sp³-hybridized carbons (Fsp3) is 0. The molecular weight excluding hydrogens is 208 g/mol. The summed E-state index contributed by atoms with van der Waals surface area (Å²) in [4.78, 5) is 3.94. The summed E-state index contributed by atoms with van der Waals surface area (Å²) in [6.07, 6.45) is 3.45. The standard InChI is InChI=1S/C12H7ClN2/c13-12-7-10(1-2-11(12)8-14)9-3-5-15-6-4-9/h1-7H. The Morgan fingerprint density at radius 3 is 2.40 bits per heavy atom. The van der Waals surface area contributed by atoms with E-state index in [2.05, 4.69) is 4.98 Å². The lowest BCUT2D eigenvalue weighted by atomic mass is 10.1. The zero-order chi connectivity index (χ0) is 10.7. The topological polar surface area (TPSA) is 36.7 Å². The SMILES string of the molecule is N#Cc1ccc(-c2ccncc2)cc1Cl. The van der Waals surface area contributed by atoms with E-state index >= 15 is 0 Å². The second-order valence-corrected chi connectivity index (χ2v) is 3.45. The molecule has 1 aromatic carbocycles. The van der Waals surface area contributed by atoms with Gasteiger partial charge in [-0.15, -0.1) is 0 Å². The van der Waals surface area contributed by atoms with Crippen LogP contribution in [0.15, 0.2) is 42.7 Å². The molecule has 2 rings (SSSR count). The monoisotopic (exact) mass is 214 g/mol. The Kier molecular flexibility index (Phi) is 2.66. The molecule has 0 fully saturated rings. The van der Waals surface area contributed by atoms with Gasteiger partial charge in [0.15, 0.2) is 0 Å². The highest BCUT2D eigenvalue weighted by molar-refractivity contribution is 6.32. The van der Waals surface area contributed by atoms with Gasteiger partial charge in [0.05, 0.1) is 10.6 Å². The number of hydrogen-bond donors (Lipinski definition) is 0. The molecule has 2 nitrogen and oxygen atoms in total. The fourth-order valence-electron chi connectivity index (χ4n) is 1.33. The molecule has 1 heterocycles. The molecule has 0 amide bonds. The van der Waals surface area contributed by atoms with E-state index in [1.54, 1.807) is 24.5 Å². The van der Waals surface area contributed by atoms with Gasteiger partial charge in [-0.25, -0.2) is 0 Å². The lowest BCUT2D eigenvalue weighted by molar-refractivity contribution is 1.33. The quantitative estimate of drug-likeness (QED) is 0.731. The lowest BCUT2D eigenvalue weighted by Gasteiger charge is -2.02. The maximum atomic E-state index is 8.74. The zero-order valence-electron chi connectivity index (χ0n) is 7.81. The van der Waals surface area contributed by atoms with Crippen LogP contribution in [0, 0.1) is 11.3 Å². The van der Waals surface area contributed by atoms with Crippen LogP contribution in [-0.2, 0) is 0 Å². The molecule has 3 heteroatoms. The van der Waals surface area contributed by atoms with Gasteiger partial charge in [0.1, 0.15) is 6.07 Å². The molecule has 1 aromatic heterocycles. The van der Waals surface area contributed by atoms with Crippen molar-refractivity contribution in [2.75, 3.05) is 0 Å². The number of hydrogen-bond acceptors (Lipinski definition) is 2. The first-order valence-corrected chi connectivity index (χ1v) is 4.79. The van der Waals surface area contributed by atoms with Crippen LogP contribution in [0.5, 0.6) is 0 Å². The number of nitrogens with zero attached hydrogens (tertiary/aromatic N) is 2. The molecule has 0 atom stereocenters. The maximum absolute atomic E-state index is 8.74. The molecule has 0 N–H and O–H groups in total. The predicted octanol–water partition coefficient (Wildman–Crippen LogP) is 3.27. The molecule has 0 aliphatic carbocycles. The van der Waals surface area contributed by atoms with Crippen LogP contribution in [0.4, 0.5) is 0 Å². The molecule has 0 spiro atoms. The van der Waals surface area contributed by atoms with Crippen molar-refractivity contribution in [1.82, 2.24) is 4.98 Å². The van der Waals surface area contributed by atoms with Crippen molar-refractivity contribution >= 4 is 11.6 Å². The summed E-state index contributed by atoms with van der Waals surface area (Å²) >= 11 is 5.94. The van der Waals surface area contributed by atoms with Crippen molar-refractivity contribution < 1.29 is 0 Å². The first-order valence-electron chi connectivity index (χ1n) is 4.41. The molecule has 0 saturated heterocycles. The Morgan fingerprint density at radius 1 is 1.07 bits per heavy atom. The highest BCUT2D eigenvalue weighted by atomic mass is 35.5. The highest BCUT2D eigenvalue weighted by Crippen LogP contribution is 2.24. The van der Waals surface area contributed by atoms with Crippen LogP contribution in [0.25, 0.3) is 11.1 Å². The largest absolute Gasteiger partial charge is 0.265 e. The molecule has 0 saturated carbocycles. The summed E-state index contributed by atoms with van der Waals surface area (Å²) in [7, 11) is 0. The van der Waals surface area contributed by atoms with Crippen LogP contribution in [0.2, 0.25) is 5.02 Å². The number of benzene rings is 1. The average molecular weight is 215 g/mol. The van der Waals surface area contributed by atoms with Crippen LogP contribution >= 0.6 is 11.6 Å². The van der Waals surface area contributed by atoms with Gasteiger partial charge in [-0.3, -0.25) is 4.98 Å². The molecule has 2 aromatic rings. The summed E-state index contributed by atoms with van der Waals surface area (Å²) in [6.45, 7) is 0. The average Bonchev–Trinajstić information content (AvgIpc) is 2.30. The van der Waals surface area contributed by atoms with Crippen molar-refractivity contribution in [2.45, 2.75) is 0 Å². The molecular formula is C12H7ClN2. The van der Waals surface area contributed by atoms with Crippen molar-refractivity contribution in [3.05, 3.63) is 53.3 Å². The lowest BCUT2D eigenvalue weighted by Crippen LogP contribution is -1.81. The predicted molar refractivity (Wildman–Crippen MR) is 59.4 cm³/mol. The van der Waals surface area contributed by atoms with Crippen LogP contribution in [0.1, 0.15) is 5.56 Å². The van der Waals surface area contributed by atoms with E-state index < -0.39 is 0 Å². The minimum Gasteiger partial charge on any atom is -0.265 e. The molecule has 0 bridgehead atoms. The number of aromatic nitrogens is 1. The van der Waals surface area contributed by atoms with Crippen LogP contribution in [-0.4, -0.2) is 4.98 Å². The van der Waals surface area contributed by atoms with Crippen LogP contribution in [0.3, 0.4) is 0 Å². The number of rotatable bonds is 1. The number of nitriles is 1. The summed E-state index contributed by atoms with van der Waals surface area (Å²) in [6, 6.07) is 11.2. The maximum Gasteiger partial charge on any atom is 0.101 e. The molecule has 0 radical (unpaired) electrons. The summed E-state index contributed by atoms with van der Waals surface area (Å²) < 4.78 is 0. The van der Waals surface area contributed by atoms with E-state index in [0.717, 1.165) is 11.1 Å². The Balaban J connectivity index is 2.49. The third-order valence-electron chi connectivity index (χ3n) is 2.10. The molecule has 0 unspecified atom stereocenters. The van der Waals surface area contributed by atoms with Gasteiger partial charge in [0, 0.05) is 12.4 Å².